The van der Waals surface area contributed by atoms with Crippen LogP contribution in [0.4, 0.5) is 92.2 Å². The number of hydrogen-bond acceptors (Lipinski definition) is 0. The third kappa shape index (κ3) is 5.77. The van der Waals surface area contributed by atoms with Gasteiger partial charge >= 0.3 is 90.2 Å². The Hall–Kier alpha value is 0.114. The third-order valence-corrected chi connectivity index (χ3v) is 3.35. The molecule has 0 aliphatic heterocycles. The van der Waals surface area contributed by atoms with Crippen molar-refractivity contribution in [1.82, 2.24) is 0 Å². The predicted octanol–water partition coefficient (Wildman–Crippen LogP) is 9.13. The van der Waals surface area contributed by atoms with Crippen LogP contribution in [0, 0.1) is 6.43 Å². The molecule has 0 unspecified atom stereocenters. The minimum absolute atomic E-state index is 1.92. The Morgan fingerprint density at radius 3 is 0.714 bits per heavy atom. The van der Waals surface area contributed by atoms with Crippen molar-refractivity contribution in [3.05, 3.63) is 6.43 Å². The molecule has 0 atom stereocenters. The van der Waals surface area contributed by atoms with Crippen LogP contribution < -0.4 is 0 Å². The number of rotatable bonds is 8. The SMILES string of the molecule is F[C-](F)C(F)(F)C(F)(F)C(F)(F)C(F)(F)C(F)(F)C(F)(F)C(F)(F)C(F)(F)C(F)(F)F.[Cl][Ti+]([Cl])[Cl]. The number of alkyl halides is 19. The Morgan fingerprint density at radius 1 is 0.371 bits per heavy atom. The van der Waals surface area contributed by atoms with Crippen LogP contribution in [0.3, 0.4) is 0 Å². The molecular weight excluding hydrogens is 673 g/mol. The van der Waals surface area contributed by atoms with Crippen molar-refractivity contribution in [2.24, 2.45) is 0 Å². The predicted molar refractivity (Wildman–Crippen MR) is 68.6 cm³/mol. The van der Waals surface area contributed by atoms with E-state index in [0.717, 1.165) is 0 Å². The van der Waals surface area contributed by atoms with Gasteiger partial charge in [0.25, 0.3) is 5.92 Å². The normalized spacial score (nSPS) is 15.7. The Labute approximate surface area is 195 Å². The van der Waals surface area contributed by atoms with E-state index in [1.807, 2.05) is 0 Å². The second-order valence-electron chi connectivity index (χ2n) is 5.57. The molecule has 0 heterocycles. The molecule has 0 aromatic carbocycles. The van der Waals surface area contributed by atoms with E-state index in [0.29, 0.717) is 0 Å². The van der Waals surface area contributed by atoms with Crippen molar-refractivity contribution in [2.75, 3.05) is 0 Å². The fraction of sp³-hybridized carbons (Fsp3) is 0.900. The van der Waals surface area contributed by atoms with Gasteiger partial charge in [0, 0.05) is 0 Å². The Morgan fingerprint density at radius 2 is 0.543 bits per heavy atom. The summed E-state index contributed by atoms with van der Waals surface area (Å²) in [6.45, 7) is 0. The summed E-state index contributed by atoms with van der Waals surface area (Å²) in [5, 5.41) is 0. The average molecular weight is 673 g/mol. The van der Waals surface area contributed by atoms with Gasteiger partial charge in [0.1, 0.15) is 0 Å². The van der Waals surface area contributed by atoms with Crippen molar-refractivity contribution in [2.45, 2.75) is 53.6 Å². The summed E-state index contributed by atoms with van der Waals surface area (Å²) in [6, 6.07) is 0. The van der Waals surface area contributed by atoms with E-state index < -0.39 is 74.7 Å². The van der Waals surface area contributed by atoms with Crippen LogP contribution in [-0.2, 0) is 14.7 Å². The molecular formula is C10Cl3F21Ti. The van der Waals surface area contributed by atoms with E-state index in [1.54, 1.807) is 0 Å². The zero-order chi connectivity index (χ0) is 29.7. The molecule has 0 aromatic rings. The van der Waals surface area contributed by atoms with Gasteiger partial charge in [-0.1, -0.05) is 0 Å². The van der Waals surface area contributed by atoms with Crippen molar-refractivity contribution in [1.29, 1.82) is 0 Å². The second-order valence-corrected chi connectivity index (χ2v) is 13.3. The van der Waals surface area contributed by atoms with Crippen LogP contribution in [0.15, 0.2) is 0 Å². The molecule has 212 valence electrons. The Kier molecular flexibility index (Phi) is 11.0. The maximum atomic E-state index is 13.1. The van der Waals surface area contributed by atoms with Crippen LogP contribution in [0.25, 0.3) is 0 Å². The minimum atomic E-state index is -9.12. The van der Waals surface area contributed by atoms with Crippen LogP contribution in [0.2, 0.25) is 0 Å². The second kappa shape index (κ2) is 10.4. The molecule has 0 nitrogen and oxygen atoms in total. The zero-order valence-corrected chi connectivity index (χ0v) is 18.4. The van der Waals surface area contributed by atoms with Crippen molar-refractivity contribution < 1.29 is 107 Å². The van der Waals surface area contributed by atoms with E-state index in [-0.39, 0.29) is 0 Å². The van der Waals surface area contributed by atoms with Gasteiger partial charge in [0.15, 0.2) is 0 Å². The van der Waals surface area contributed by atoms with E-state index in [4.69, 9.17) is 27.9 Å². The van der Waals surface area contributed by atoms with E-state index in [9.17, 15) is 92.2 Å². The monoisotopic (exact) mass is 672 g/mol. The molecule has 0 bridgehead atoms. The van der Waals surface area contributed by atoms with Crippen LogP contribution in [0.1, 0.15) is 0 Å². The molecule has 0 saturated heterocycles. The summed E-state index contributed by atoms with van der Waals surface area (Å²) >= 11 is -1.92. The van der Waals surface area contributed by atoms with Gasteiger partial charge < -0.3 is 8.78 Å². The van der Waals surface area contributed by atoms with E-state index in [2.05, 4.69) is 0 Å². The Bertz CT molecular complexity index is 710. The van der Waals surface area contributed by atoms with Crippen molar-refractivity contribution >= 4 is 27.9 Å². The summed E-state index contributed by atoms with van der Waals surface area (Å²) in [5.41, 5.74) is 0. The van der Waals surface area contributed by atoms with Gasteiger partial charge in [0.05, 0.1) is 6.43 Å². The fourth-order valence-electron chi connectivity index (χ4n) is 1.48. The van der Waals surface area contributed by atoms with E-state index >= 15 is 0 Å². The quantitative estimate of drug-likeness (QED) is 0.137. The summed E-state index contributed by atoms with van der Waals surface area (Å²) in [7, 11) is 14.9. The summed E-state index contributed by atoms with van der Waals surface area (Å²) in [4.78, 5) is 0. The standard InChI is InChI=1S/C10F21.3ClH.Ti/c11-1(12)2(13,14)3(15,16)4(17,18)5(19,20)6(21,22)7(23,24)8(25,26)9(27,28)10(29,30)31;;;;/h;3*1H;/q-1;;;;+4/p-3. The zero-order valence-electron chi connectivity index (χ0n) is 14.6. The molecule has 0 fully saturated rings. The topological polar surface area (TPSA) is 0 Å². The van der Waals surface area contributed by atoms with E-state index in [1.165, 1.54) is 0 Å². The molecule has 0 rings (SSSR count). The first-order chi connectivity index (χ1) is 14.7. The first-order valence-electron chi connectivity index (χ1n) is 6.79. The van der Waals surface area contributed by atoms with Crippen LogP contribution >= 0.6 is 27.9 Å². The molecule has 0 spiro atoms. The van der Waals surface area contributed by atoms with Gasteiger partial charge in [0.2, 0.25) is 0 Å². The molecule has 0 aliphatic carbocycles. The summed E-state index contributed by atoms with van der Waals surface area (Å²) in [5.74, 6) is -69.7. The van der Waals surface area contributed by atoms with Gasteiger partial charge in [-0.05, 0) is 0 Å². The number of halogens is 24. The molecule has 0 N–H and O–H groups in total. The van der Waals surface area contributed by atoms with Crippen LogP contribution in [-0.4, -0.2) is 53.6 Å². The van der Waals surface area contributed by atoms with Gasteiger partial charge in [-0.15, -0.1) is 0 Å². The van der Waals surface area contributed by atoms with Gasteiger partial charge in [-0.3, -0.25) is 0 Å². The molecule has 0 amide bonds. The van der Waals surface area contributed by atoms with Crippen molar-refractivity contribution in [3.63, 3.8) is 0 Å². The first-order valence-corrected chi connectivity index (χ1v) is 13.2. The average Bonchev–Trinajstić information content (AvgIpc) is 2.58. The van der Waals surface area contributed by atoms with Gasteiger partial charge in [-0.25, -0.2) is 8.78 Å². The summed E-state index contributed by atoms with van der Waals surface area (Å²) in [6.07, 6.45) is -13.2. The van der Waals surface area contributed by atoms with Gasteiger partial charge in [-0.2, -0.15) is 74.6 Å². The molecule has 0 aromatic heterocycles. The summed E-state index contributed by atoms with van der Waals surface area (Å²) < 4.78 is 264. The first kappa shape index (κ1) is 37.3. The molecule has 0 aliphatic rings. The molecule has 0 radical (unpaired) electrons. The van der Waals surface area contributed by atoms with Crippen molar-refractivity contribution in [3.8, 4) is 0 Å². The third-order valence-electron chi connectivity index (χ3n) is 3.35. The fourth-order valence-corrected chi connectivity index (χ4v) is 1.48. The molecule has 25 heteroatoms. The number of hydrogen-bond donors (Lipinski definition) is 0. The molecule has 35 heavy (non-hydrogen) atoms. The molecule has 0 saturated carbocycles. The van der Waals surface area contributed by atoms with Crippen LogP contribution in [0.5, 0.6) is 0 Å². The Balaban J connectivity index is 0. The maximum absolute atomic E-state index is 13.1.